The summed E-state index contributed by atoms with van der Waals surface area (Å²) in [5.74, 6) is 0.206. The molecule has 0 aliphatic carbocycles. The van der Waals surface area contributed by atoms with E-state index in [4.69, 9.17) is 0 Å². The number of aryl methyl sites for hydroxylation is 1. The molecule has 0 bridgehead atoms. The number of piperazine rings is 1. The molecule has 2 aliphatic heterocycles. The van der Waals surface area contributed by atoms with Gasteiger partial charge in [0, 0.05) is 39.3 Å². The second kappa shape index (κ2) is 8.06. The van der Waals surface area contributed by atoms with Gasteiger partial charge in [0.2, 0.25) is 15.9 Å². The highest BCUT2D eigenvalue weighted by Crippen LogP contribution is 2.21. The topological polar surface area (TPSA) is 60.9 Å². The molecule has 3 rings (SSSR count). The van der Waals surface area contributed by atoms with Gasteiger partial charge in [-0.25, -0.2) is 8.42 Å². The minimum absolute atomic E-state index is 0.0522. The summed E-state index contributed by atoms with van der Waals surface area (Å²) in [6, 6.07) is 7.84. The summed E-state index contributed by atoms with van der Waals surface area (Å²) >= 11 is 0. The SMILES string of the molecule is CCCS(=O)(=O)N1CCCN2CCN(Cc3cccc(C)c3)C(=O)C2C1. The fraction of sp³-hybridized carbons (Fsp3) is 0.632. The zero-order valence-electron chi connectivity index (χ0n) is 15.7. The maximum Gasteiger partial charge on any atom is 0.241 e. The molecule has 1 aromatic rings. The molecule has 1 unspecified atom stereocenters. The van der Waals surface area contributed by atoms with Crippen LogP contribution in [0.5, 0.6) is 0 Å². The Morgan fingerprint density at radius 2 is 1.96 bits per heavy atom. The third kappa shape index (κ3) is 4.27. The van der Waals surface area contributed by atoms with E-state index in [1.165, 1.54) is 9.87 Å². The van der Waals surface area contributed by atoms with Gasteiger partial charge in [0.05, 0.1) is 5.75 Å². The van der Waals surface area contributed by atoms with E-state index in [1.807, 2.05) is 36.9 Å². The van der Waals surface area contributed by atoms with Crippen LogP contribution in [0.2, 0.25) is 0 Å². The number of hydrogen-bond donors (Lipinski definition) is 0. The fourth-order valence-corrected chi connectivity index (χ4v) is 5.45. The highest BCUT2D eigenvalue weighted by molar-refractivity contribution is 7.89. The zero-order chi connectivity index (χ0) is 18.7. The number of benzene rings is 1. The molecular formula is C19H29N3O3S. The number of carbonyl (C=O) groups is 1. The maximum atomic E-state index is 13.1. The largest absolute Gasteiger partial charge is 0.336 e. The molecule has 1 amide bonds. The fourth-order valence-electron chi connectivity index (χ4n) is 3.91. The number of hydrogen-bond acceptors (Lipinski definition) is 4. The molecule has 2 heterocycles. The van der Waals surface area contributed by atoms with Crippen molar-refractivity contribution in [3.8, 4) is 0 Å². The number of carbonyl (C=O) groups excluding carboxylic acids is 1. The van der Waals surface area contributed by atoms with Gasteiger partial charge in [0.15, 0.2) is 0 Å². The van der Waals surface area contributed by atoms with Crippen molar-refractivity contribution in [1.29, 1.82) is 0 Å². The molecule has 0 saturated carbocycles. The third-order valence-electron chi connectivity index (χ3n) is 5.24. The van der Waals surface area contributed by atoms with Crippen LogP contribution in [0.3, 0.4) is 0 Å². The monoisotopic (exact) mass is 379 g/mol. The molecule has 0 radical (unpaired) electrons. The first-order valence-electron chi connectivity index (χ1n) is 9.47. The van der Waals surface area contributed by atoms with E-state index >= 15 is 0 Å². The molecule has 2 fully saturated rings. The Hall–Kier alpha value is -1.44. The highest BCUT2D eigenvalue weighted by atomic mass is 32.2. The number of nitrogens with zero attached hydrogens (tertiary/aromatic N) is 3. The van der Waals surface area contributed by atoms with Gasteiger partial charge >= 0.3 is 0 Å². The standard InChI is InChI=1S/C19H29N3O3S/c1-3-12-26(24,25)22-9-5-8-20-10-11-21(19(23)18(20)15-22)14-17-7-4-6-16(2)13-17/h4,6-7,13,18H,3,5,8-12,14-15H2,1-2H3. The van der Waals surface area contributed by atoms with Crippen LogP contribution in [0.25, 0.3) is 0 Å². The van der Waals surface area contributed by atoms with Crippen LogP contribution in [0.15, 0.2) is 24.3 Å². The van der Waals surface area contributed by atoms with E-state index in [2.05, 4.69) is 11.0 Å². The van der Waals surface area contributed by atoms with Crippen molar-refractivity contribution in [2.45, 2.75) is 39.3 Å². The number of rotatable bonds is 5. The molecule has 144 valence electrons. The van der Waals surface area contributed by atoms with E-state index < -0.39 is 10.0 Å². The first kappa shape index (κ1) is 19.3. The molecule has 26 heavy (non-hydrogen) atoms. The van der Waals surface area contributed by atoms with Crippen LogP contribution in [-0.4, -0.2) is 72.9 Å². The summed E-state index contributed by atoms with van der Waals surface area (Å²) in [6.07, 6.45) is 1.38. The quantitative estimate of drug-likeness (QED) is 0.777. The number of fused-ring (bicyclic) bond motifs is 1. The zero-order valence-corrected chi connectivity index (χ0v) is 16.5. The summed E-state index contributed by atoms with van der Waals surface area (Å²) in [5.41, 5.74) is 2.30. The molecular weight excluding hydrogens is 350 g/mol. The average Bonchev–Trinajstić information content (AvgIpc) is 2.81. The van der Waals surface area contributed by atoms with Crippen molar-refractivity contribution < 1.29 is 13.2 Å². The van der Waals surface area contributed by atoms with Crippen LogP contribution in [0.4, 0.5) is 0 Å². The normalized spacial score (nSPS) is 22.9. The molecule has 2 aliphatic rings. The van der Waals surface area contributed by atoms with Crippen molar-refractivity contribution in [1.82, 2.24) is 14.1 Å². The lowest BCUT2D eigenvalue weighted by Crippen LogP contribution is -2.59. The molecule has 1 aromatic carbocycles. The summed E-state index contributed by atoms with van der Waals surface area (Å²) in [4.78, 5) is 17.1. The second-order valence-electron chi connectivity index (χ2n) is 7.33. The first-order valence-corrected chi connectivity index (χ1v) is 11.1. The van der Waals surface area contributed by atoms with Crippen LogP contribution in [-0.2, 0) is 21.4 Å². The van der Waals surface area contributed by atoms with Gasteiger partial charge in [0.25, 0.3) is 0 Å². The lowest BCUT2D eigenvalue weighted by Gasteiger charge is -2.40. The van der Waals surface area contributed by atoms with E-state index in [0.29, 0.717) is 26.1 Å². The maximum absolute atomic E-state index is 13.1. The molecule has 2 saturated heterocycles. The number of sulfonamides is 1. The van der Waals surface area contributed by atoms with Gasteiger partial charge < -0.3 is 4.90 Å². The Kier molecular flexibility index (Phi) is 5.99. The van der Waals surface area contributed by atoms with Crippen molar-refractivity contribution in [3.63, 3.8) is 0 Å². The van der Waals surface area contributed by atoms with Gasteiger partial charge in [-0.3, -0.25) is 9.69 Å². The minimum atomic E-state index is -3.28. The van der Waals surface area contributed by atoms with Crippen LogP contribution < -0.4 is 0 Å². The van der Waals surface area contributed by atoms with Gasteiger partial charge in [-0.1, -0.05) is 36.8 Å². The van der Waals surface area contributed by atoms with Crippen LogP contribution in [0.1, 0.15) is 30.9 Å². The van der Waals surface area contributed by atoms with Crippen LogP contribution in [0, 0.1) is 6.92 Å². The summed E-state index contributed by atoms with van der Waals surface area (Å²) in [7, 11) is -3.28. The van der Waals surface area contributed by atoms with E-state index in [1.54, 1.807) is 0 Å². The Morgan fingerprint density at radius 3 is 2.69 bits per heavy atom. The molecule has 6 nitrogen and oxygen atoms in total. The molecule has 0 spiro atoms. The Balaban J connectivity index is 1.75. The van der Waals surface area contributed by atoms with Crippen molar-refractivity contribution in [2.75, 3.05) is 38.5 Å². The summed E-state index contributed by atoms with van der Waals surface area (Å²) < 4.78 is 26.6. The third-order valence-corrected chi connectivity index (χ3v) is 7.28. The second-order valence-corrected chi connectivity index (χ2v) is 9.42. The van der Waals surface area contributed by atoms with Gasteiger partial charge in [-0.15, -0.1) is 0 Å². The van der Waals surface area contributed by atoms with Crippen molar-refractivity contribution >= 4 is 15.9 Å². The summed E-state index contributed by atoms with van der Waals surface area (Å²) in [6.45, 7) is 7.60. The van der Waals surface area contributed by atoms with Crippen molar-refractivity contribution in [3.05, 3.63) is 35.4 Å². The predicted octanol–water partition coefficient (Wildman–Crippen LogP) is 1.45. The Morgan fingerprint density at radius 1 is 1.15 bits per heavy atom. The first-order chi connectivity index (χ1) is 12.4. The van der Waals surface area contributed by atoms with Crippen LogP contribution >= 0.6 is 0 Å². The predicted molar refractivity (Wildman–Crippen MR) is 102 cm³/mol. The van der Waals surface area contributed by atoms with E-state index in [0.717, 1.165) is 25.1 Å². The van der Waals surface area contributed by atoms with Gasteiger partial charge in [0.1, 0.15) is 6.04 Å². The molecule has 0 aromatic heterocycles. The molecule has 1 atom stereocenters. The average molecular weight is 380 g/mol. The van der Waals surface area contributed by atoms with Gasteiger partial charge in [-0.2, -0.15) is 4.31 Å². The van der Waals surface area contributed by atoms with E-state index in [-0.39, 0.29) is 24.2 Å². The highest BCUT2D eigenvalue weighted by Gasteiger charge is 2.39. The lowest BCUT2D eigenvalue weighted by atomic mass is 10.1. The molecule has 7 heteroatoms. The molecule has 0 N–H and O–H groups in total. The van der Waals surface area contributed by atoms with Gasteiger partial charge in [-0.05, 0) is 25.3 Å². The Labute approximate surface area is 156 Å². The Bertz CT molecular complexity index is 750. The lowest BCUT2D eigenvalue weighted by molar-refractivity contribution is -0.142. The summed E-state index contributed by atoms with van der Waals surface area (Å²) in [5, 5.41) is 0. The van der Waals surface area contributed by atoms with Crippen molar-refractivity contribution in [2.24, 2.45) is 0 Å². The minimum Gasteiger partial charge on any atom is -0.336 e. The van der Waals surface area contributed by atoms with E-state index in [9.17, 15) is 13.2 Å². The number of amides is 1. The smallest absolute Gasteiger partial charge is 0.241 e.